The summed E-state index contributed by atoms with van der Waals surface area (Å²) in [5.74, 6) is 2.53. The Morgan fingerprint density at radius 1 is 1.14 bits per heavy atom. The molecular formula is C20H22Cl2N6. The summed E-state index contributed by atoms with van der Waals surface area (Å²) in [6.45, 7) is 3.23. The highest BCUT2D eigenvalue weighted by molar-refractivity contribution is 6.42. The maximum atomic E-state index is 6.10. The van der Waals surface area contributed by atoms with E-state index >= 15 is 0 Å². The van der Waals surface area contributed by atoms with E-state index in [0.29, 0.717) is 23.1 Å². The van der Waals surface area contributed by atoms with Crippen LogP contribution in [0.1, 0.15) is 17.0 Å². The van der Waals surface area contributed by atoms with Gasteiger partial charge in [0.2, 0.25) is 0 Å². The first kappa shape index (κ1) is 20.2. The van der Waals surface area contributed by atoms with Crippen LogP contribution in [0.3, 0.4) is 0 Å². The first-order valence-corrected chi connectivity index (χ1v) is 9.54. The Labute approximate surface area is 174 Å². The Morgan fingerprint density at radius 3 is 2.54 bits per heavy atom. The Morgan fingerprint density at radius 2 is 1.93 bits per heavy atom. The molecule has 0 saturated heterocycles. The first-order chi connectivity index (χ1) is 13.5. The SMILES string of the molecule is CN=C(NCc1ccc(-n2ccnc2C)nc1)N(C)Cc1ccc(Cl)c(Cl)c1. The predicted octanol–water partition coefficient (Wildman–Crippen LogP) is 4.09. The van der Waals surface area contributed by atoms with Gasteiger partial charge >= 0.3 is 0 Å². The van der Waals surface area contributed by atoms with Gasteiger partial charge in [-0.05, 0) is 36.2 Å². The van der Waals surface area contributed by atoms with Gasteiger partial charge in [0.25, 0.3) is 0 Å². The zero-order valence-electron chi connectivity index (χ0n) is 16.0. The molecule has 0 bridgehead atoms. The van der Waals surface area contributed by atoms with Gasteiger partial charge in [-0.25, -0.2) is 9.97 Å². The molecule has 28 heavy (non-hydrogen) atoms. The quantitative estimate of drug-likeness (QED) is 0.502. The molecule has 6 nitrogen and oxygen atoms in total. The molecule has 1 N–H and O–H groups in total. The van der Waals surface area contributed by atoms with E-state index in [-0.39, 0.29) is 0 Å². The lowest BCUT2D eigenvalue weighted by Gasteiger charge is -2.22. The summed E-state index contributed by atoms with van der Waals surface area (Å²) in [5, 5.41) is 4.46. The third-order valence-electron chi connectivity index (χ3n) is 4.31. The fourth-order valence-electron chi connectivity index (χ4n) is 2.84. The fourth-order valence-corrected chi connectivity index (χ4v) is 3.16. The van der Waals surface area contributed by atoms with Crippen molar-refractivity contribution in [3.8, 4) is 5.82 Å². The Bertz CT molecular complexity index is 965. The molecule has 0 radical (unpaired) electrons. The lowest BCUT2D eigenvalue weighted by atomic mass is 10.2. The largest absolute Gasteiger partial charge is 0.352 e. The van der Waals surface area contributed by atoms with Crippen LogP contribution in [0.5, 0.6) is 0 Å². The normalized spacial score (nSPS) is 11.5. The molecule has 0 fully saturated rings. The highest BCUT2D eigenvalue weighted by atomic mass is 35.5. The minimum Gasteiger partial charge on any atom is -0.352 e. The number of guanidine groups is 1. The number of aliphatic imine (C=N–C) groups is 1. The second kappa shape index (κ2) is 9.08. The van der Waals surface area contributed by atoms with Crippen molar-refractivity contribution in [2.24, 2.45) is 4.99 Å². The second-order valence-electron chi connectivity index (χ2n) is 6.37. The number of benzene rings is 1. The van der Waals surface area contributed by atoms with E-state index in [1.165, 1.54) is 0 Å². The van der Waals surface area contributed by atoms with Gasteiger partial charge in [-0.3, -0.25) is 9.56 Å². The highest BCUT2D eigenvalue weighted by Gasteiger charge is 2.09. The molecule has 146 valence electrons. The van der Waals surface area contributed by atoms with Crippen LogP contribution in [0.2, 0.25) is 10.0 Å². The van der Waals surface area contributed by atoms with Gasteiger partial charge in [0.15, 0.2) is 5.96 Å². The number of nitrogens with zero attached hydrogens (tertiary/aromatic N) is 5. The molecule has 0 amide bonds. The van der Waals surface area contributed by atoms with E-state index in [9.17, 15) is 0 Å². The predicted molar refractivity (Wildman–Crippen MR) is 114 cm³/mol. The van der Waals surface area contributed by atoms with Gasteiger partial charge < -0.3 is 10.2 Å². The maximum absolute atomic E-state index is 6.10. The topological polar surface area (TPSA) is 58.3 Å². The molecule has 0 aliphatic rings. The summed E-state index contributed by atoms with van der Waals surface area (Å²) >= 11 is 12.1. The molecule has 0 saturated carbocycles. The number of imidazole rings is 1. The van der Waals surface area contributed by atoms with E-state index in [2.05, 4.69) is 20.3 Å². The van der Waals surface area contributed by atoms with Gasteiger partial charge in [0, 0.05) is 45.8 Å². The number of nitrogens with one attached hydrogen (secondary N) is 1. The number of rotatable bonds is 5. The zero-order valence-corrected chi connectivity index (χ0v) is 17.5. The average molecular weight is 417 g/mol. The van der Waals surface area contributed by atoms with Crippen LogP contribution in [-0.4, -0.2) is 39.5 Å². The minimum absolute atomic E-state index is 0.551. The van der Waals surface area contributed by atoms with Crippen LogP contribution >= 0.6 is 23.2 Å². The molecule has 3 rings (SSSR count). The minimum atomic E-state index is 0.551. The van der Waals surface area contributed by atoms with Crippen molar-refractivity contribution in [1.82, 2.24) is 24.8 Å². The van der Waals surface area contributed by atoms with Crippen molar-refractivity contribution in [2.45, 2.75) is 20.0 Å². The zero-order chi connectivity index (χ0) is 20.1. The highest BCUT2D eigenvalue weighted by Crippen LogP contribution is 2.23. The van der Waals surface area contributed by atoms with E-state index in [4.69, 9.17) is 23.2 Å². The van der Waals surface area contributed by atoms with Crippen LogP contribution in [-0.2, 0) is 13.1 Å². The first-order valence-electron chi connectivity index (χ1n) is 8.79. The van der Waals surface area contributed by atoms with Crippen molar-refractivity contribution >= 4 is 29.2 Å². The van der Waals surface area contributed by atoms with Crippen molar-refractivity contribution in [1.29, 1.82) is 0 Å². The van der Waals surface area contributed by atoms with Crippen LogP contribution in [0, 0.1) is 6.92 Å². The van der Waals surface area contributed by atoms with Crippen molar-refractivity contribution in [3.63, 3.8) is 0 Å². The van der Waals surface area contributed by atoms with E-state index in [1.807, 2.05) is 60.1 Å². The fraction of sp³-hybridized carbons (Fsp3) is 0.250. The molecule has 0 unspecified atom stereocenters. The number of halogens is 2. The molecule has 2 heterocycles. The Hall–Kier alpha value is -2.57. The lowest BCUT2D eigenvalue weighted by molar-refractivity contribution is 0.476. The molecule has 2 aromatic heterocycles. The van der Waals surface area contributed by atoms with Crippen LogP contribution < -0.4 is 5.32 Å². The van der Waals surface area contributed by atoms with Crippen molar-refractivity contribution in [2.75, 3.05) is 14.1 Å². The monoisotopic (exact) mass is 416 g/mol. The standard InChI is InChI=1S/C20H22Cl2N6/c1-14-24-8-9-28(14)19-7-5-16(11-25-19)12-26-20(23-2)27(3)13-15-4-6-17(21)18(22)10-15/h4-11H,12-13H2,1-3H3,(H,23,26). The number of hydrogen-bond acceptors (Lipinski definition) is 3. The summed E-state index contributed by atoms with van der Waals surface area (Å²) in [6.07, 6.45) is 5.52. The number of hydrogen-bond donors (Lipinski definition) is 1. The molecule has 0 atom stereocenters. The van der Waals surface area contributed by atoms with Crippen LogP contribution in [0.15, 0.2) is 53.9 Å². The number of pyridine rings is 1. The van der Waals surface area contributed by atoms with Crippen LogP contribution in [0.4, 0.5) is 0 Å². The van der Waals surface area contributed by atoms with Crippen molar-refractivity contribution in [3.05, 3.63) is 75.9 Å². The Kier molecular flexibility index (Phi) is 6.54. The second-order valence-corrected chi connectivity index (χ2v) is 7.19. The van der Waals surface area contributed by atoms with Gasteiger partial charge in [-0.2, -0.15) is 0 Å². The van der Waals surface area contributed by atoms with E-state index in [1.54, 1.807) is 19.3 Å². The van der Waals surface area contributed by atoms with E-state index in [0.717, 1.165) is 28.7 Å². The lowest BCUT2D eigenvalue weighted by Crippen LogP contribution is -2.38. The van der Waals surface area contributed by atoms with Gasteiger partial charge in [0.05, 0.1) is 10.0 Å². The molecule has 0 spiro atoms. The molecule has 1 aromatic carbocycles. The third-order valence-corrected chi connectivity index (χ3v) is 5.05. The average Bonchev–Trinajstić information content (AvgIpc) is 3.11. The summed E-state index contributed by atoms with van der Waals surface area (Å²) in [7, 11) is 3.73. The van der Waals surface area contributed by atoms with Crippen LogP contribution in [0.25, 0.3) is 5.82 Å². The van der Waals surface area contributed by atoms with Crippen molar-refractivity contribution < 1.29 is 0 Å². The van der Waals surface area contributed by atoms with E-state index < -0.39 is 0 Å². The summed E-state index contributed by atoms with van der Waals surface area (Å²) < 4.78 is 1.95. The summed E-state index contributed by atoms with van der Waals surface area (Å²) in [5.41, 5.74) is 2.12. The summed E-state index contributed by atoms with van der Waals surface area (Å²) in [6, 6.07) is 9.65. The molecular weight excluding hydrogens is 395 g/mol. The van der Waals surface area contributed by atoms with Gasteiger partial charge in [-0.15, -0.1) is 0 Å². The third kappa shape index (κ3) is 4.82. The molecule has 0 aliphatic carbocycles. The van der Waals surface area contributed by atoms with Gasteiger partial charge in [0.1, 0.15) is 11.6 Å². The van der Waals surface area contributed by atoms with Gasteiger partial charge in [-0.1, -0.05) is 35.3 Å². The Balaban J connectivity index is 1.60. The smallest absolute Gasteiger partial charge is 0.193 e. The summed E-state index contributed by atoms with van der Waals surface area (Å²) in [4.78, 5) is 15.1. The number of aromatic nitrogens is 3. The molecule has 3 aromatic rings. The maximum Gasteiger partial charge on any atom is 0.193 e. The molecule has 0 aliphatic heterocycles. The number of aryl methyl sites for hydroxylation is 1. The molecule has 8 heteroatoms.